The van der Waals surface area contributed by atoms with Crippen molar-refractivity contribution >= 4 is 15.9 Å². The molecule has 5 heteroatoms. The maximum atomic E-state index is 4.61. The third-order valence-corrected chi connectivity index (χ3v) is 4.10. The summed E-state index contributed by atoms with van der Waals surface area (Å²) < 4.78 is 0.930. The van der Waals surface area contributed by atoms with Crippen LogP contribution in [-0.4, -0.2) is 20.2 Å². The van der Waals surface area contributed by atoms with Gasteiger partial charge in [-0.25, -0.2) is 4.98 Å². The molecule has 0 aliphatic heterocycles. The van der Waals surface area contributed by atoms with Crippen molar-refractivity contribution < 1.29 is 0 Å². The van der Waals surface area contributed by atoms with Gasteiger partial charge in [0.25, 0.3) is 0 Å². The maximum absolute atomic E-state index is 4.61. The van der Waals surface area contributed by atoms with E-state index in [0.29, 0.717) is 11.7 Å². The molecular formula is C13H15BrN4. The van der Waals surface area contributed by atoms with Crippen LogP contribution < -0.4 is 0 Å². The first kappa shape index (κ1) is 11.8. The fourth-order valence-electron chi connectivity index (χ4n) is 2.49. The molecule has 4 nitrogen and oxygen atoms in total. The molecule has 1 fully saturated rings. The smallest absolute Gasteiger partial charge is 0.200 e. The summed E-state index contributed by atoms with van der Waals surface area (Å²) in [4.78, 5) is 8.92. The van der Waals surface area contributed by atoms with Gasteiger partial charge in [-0.3, -0.25) is 10.1 Å². The average Bonchev–Trinajstić information content (AvgIpc) is 2.90. The SMILES string of the molecule is Brc1cccnc1-c1n[nH]c(C2CCCCC2)n1. The van der Waals surface area contributed by atoms with Crippen molar-refractivity contribution in [3.05, 3.63) is 28.6 Å². The quantitative estimate of drug-likeness (QED) is 0.921. The number of pyridine rings is 1. The normalized spacial score (nSPS) is 16.9. The molecular weight excluding hydrogens is 292 g/mol. The summed E-state index contributed by atoms with van der Waals surface area (Å²) in [7, 11) is 0. The summed E-state index contributed by atoms with van der Waals surface area (Å²) in [5.74, 6) is 2.24. The molecule has 2 aromatic rings. The van der Waals surface area contributed by atoms with Crippen LogP contribution in [0.15, 0.2) is 22.8 Å². The molecule has 0 spiro atoms. The number of halogens is 1. The monoisotopic (exact) mass is 306 g/mol. The standard InChI is InChI=1S/C13H15BrN4/c14-10-7-4-8-15-11(10)13-16-12(17-18-13)9-5-2-1-3-6-9/h4,7-9H,1-3,5-6H2,(H,16,17,18). The van der Waals surface area contributed by atoms with Crippen molar-refractivity contribution in [3.8, 4) is 11.5 Å². The number of nitrogens with one attached hydrogen (secondary N) is 1. The molecule has 0 unspecified atom stereocenters. The Kier molecular flexibility index (Phi) is 3.41. The number of nitrogens with zero attached hydrogens (tertiary/aromatic N) is 3. The Morgan fingerprint density at radius 1 is 1.22 bits per heavy atom. The molecule has 1 aliphatic carbocycles. The lowest BCUT2D eigenvalue weighted by Gasteiger charge is -2.18. The molecule has 0 bridgehead atoms. The van der Waals surface area contributed by atoms with Gasteiger partial charge < -0.3 is 0 Å². The van der Waals surface area contributed by atoms with Crippen molar-refractivity contribution in [1.29, 1.82) is 0 Å². The molecule has 0 atom stereocenters. The molecule has 0 radical (unpaired) electrons. The molecule has 0 saturated heterocycles. The van der Waals surface area contributed by atoms with E-state index in [-0.39, 0.29) is 0 Å². The van der Waals surface area contributed by atoms with Gasteiger partial charge in [0.1, 0.15) is 11.5 Å². The summed E-state index contributed by atoms with van der Waals surface area (Å²) in [5.41, 5.74) is 0.802. The molecule has 18 heavy (non-hydrogen) atoms. The first-order valence-corrected chi connectivity index (χ1v) is 7.17. The Morgan fingerprint density at radius 3 is 2.83 bits per heavy atom. The number of aromatic amines is 1. The number of hydrogen-bond donors (Lipinski definition) is 1. The summed E-state index contributed by atoms with van der Waals surface area (Å²) in [6.45, 7) is 0. The van der Waals surface area contributed by atoms with Crippen molar-refractivity contribution in [1.82, 2.24) is 20.2 Å². The van der Waals surface area contributed by atoms with Gasteiger partial charge in [-0.15, -0.1) is 0 Å². The molecule has 3 rings (SSSR count). The van der Waals surface area contributed by atoms with Gasteiger partial charge in [0.15, 0.2) is 0 Å². The first-order chi connectivity index (χ1) is 8.84. The molecule has 2 aromatic heterocycles. The minimum atomic E-state index is 0.544. The Morgan fingerprint density at radius 2 is 2.06 bits per heavy atom. The van der Waals surface area contributed by atoms with E-state index >= 15 is 0 Å². The fraction of sp³-hybridized carbons (Fsp3) is 0.462. The lowest BCUT2D eigenvalue weighted by molar-refractivity contribution is 0.429. The predicted octanol–water partition coefficient (Wildman–Crippen LogP) is 3.68. The van der Waals surface area contributed by atoms with Crippen molar-refractivity contribution in [2.45, 2.75) is 38.0 Å². The summed E-state index contributed by atoms with van der Waals surface area (Å²) in [6, 6.07) is 3.85. The van der Waals surface area contributed by atoms with E-state index in [9.17, 15) is 0 Å². The molecule has 1 saturated carbocycles. The van der Waals surface area contributed by atoms with Gasteiger partial charge in [0.2, 0.25) is 5.82 Å². The van der Waals surface area contributed by atoms with Crippen molar-refractivity contribution in [3.63, 3.8) is 0 Å². The van der Waals surface area contributed by atoms with Crippen LogP contribution in [0.2, 0.25) is 0 Å². The summed E-state index contributed by atoms with van der Waals surface area (Å²) in [6.07, 6.45) is 8.15. The van der Waals surface area contributed by atoms with E-state index in [0.717, 1.165) is 16.0 Å². The topological polar surface area (TPSA) is 54.5 Å². The Bertz CT molecular complexity index is 531. The van der Waals surface area contributed by atoms with Crippen LogP contribution in [0.3, 0.4) is 0 Å². The second-order valence-corrected chi connectivity index (χ2v) is 5.57. The van der Waals surface area contributed by atoms with E-state index in [1.54, 1.807) is 6.20 Å². The number of H-pyrrole nitrogens is 1. The lowest BCUT2D eigenvalue weighted by Crippen LogP contribution is -2.06. The van der Waals surface area contributed by atoms with Gasteiger partial charge in [0.05, 0.1) is 0 Å². The van der Waals surface area contributed by atoms with Crippen LogP contribution in [0.1, 0.15) is 43.8 Å². The van der Waals surface area contributed by atoms with Crippen LogP contribution in [0, 0.1) is 0 Å². The van der Waals surface area contributed by atoms with Crippen molar-refractivity contribution in [2.75, 3.05) is 0 Å². The van der Waals surface area contributed by atoms with E-state index < -0.39 is 0 Å². The lowest BCUT2D eigenvalue weighted by atomic mass is 9.89. The second-order valence-electron chi connectivity index (χ2n) is 4.71. The highest BCUT2D eigenvalue weighted by atomic mass is 79.9. The highest BCUT2D eigenvalue weighted by Gasteiger charge is 2.20. The molecule has 94 valence electrons. The van der Waals surface area contributed by atoms with Gasteiger partial charge in [-0.1, -0.05) is 19.3 Å². The van der Waals surface area contributed by atoms with Crippen LogP contribution in [0.25, 0.3) is 11.5 Å². The zero-order valence-electron chi connectivity index (χ0n) is 10.1. The highest BCUT2D eigenvalue weighted by Crippen LogP contribution is 2.31. The molecule has 1 aliphatic rings. The van der Waals surface area contributed by atoms with Crippen LogP contribution >= 0.6 is 15.9 Å². The number of aromatic nitrogens is 4. The molecule has 2 heterocycles. The van der Waals surface area contributed by atoms with Gasteiger partial charge >= 0.3 is 0 Å². The summed E-state index contributed by atoms with van der Waals surface area (Å²) >= 11 is 3.48. The molecule has 0 amide bonds. The maximum Gasteiger partial charge on any atom is 0.200 e. The third-order valence-electron chi connectivity index (χ3n) is 3.46. The first-order valence-electron chi connectivity index (χ1n) is 6.38. The van der Waals surface area contributed by atoms with E-state index in [1.807, 2.05) is 12.1 Å². The predicted molar refractivity (Wildman–Crippen MR) is 73.1 cm³/mol. The highest BCUT2D eigenvalue weighted by molar-refractivity contribution is 9.10. The molecule has 1 N–H and O–H groups in total. The van der Waals surface area contributed by atoms with Gasteiger partial charge in [-0.2, -0.15) is 5.10 Å². The van der Waals surface area contributed by atoms with E-state index in [4.69, 9.17) is 0 Å². The fourth-order valence-corrected chi connectivity index (χ4v) is 2.92. The third kappa shape index (κ3) is 2.32. The molecule has 0 aromatic carbocycles. The Labute approximate surface area is 114 Å². The van der Waals surface area contributed by atoms with Gasteiger partial charge in [0, 0.05) is 16.6 Å². The summed E-state index contributed by atoms with van der Waals surface area (Å²) in [5, 5.41) is 7.37. The zero-order valence-corrected chi connectivity index (χ0v) is 11.7. The van der Waals surface area contributed by atoms with E-state index in [1.165, 1.54) is 32.1 Å². The Hall–Kier alpha value is -1.23. The van der Waals surface area contributed by atoms with E-state index in [2.05, 4.69) is 36.1 Å². The largest absolute Gasteiger partial charge is 0.262 e. The minimum absolute atomic E-state index is 0.544. The van der Waals surface area contributed by atoms with Crippen LogP contribution in [-0.2, 0) is 0 Å². The zero-order chi connectivity index (χ0) is 12.4. The number of hydrogen-bond acceptors (Lipinski definition) is 3. The minimum Gasteiger partial charge on any atom is -0.262 e. The Balaban J connectivity index is 1.87. The van der Waals surface area contributed by atoms with Crippen molar-refractivity contribution in [2.24, 2.45) is 0 Å². The van der Waals surface area contributed by atoms with Crippen LogP contribution in [0.4, 0.5) is 0 Å². The average molecular weight is 307 g/mol. The number of rotatable bonds is 2. The van der Waals surface area contributed by atoms with Gasteiger partial charge in [-0.05, 0) is 40.9 Å². The van der Waals surface area contributed by atoms with Crippen LogP contribution in [0.5, 0.6) is 0 Å². The second kappa shape index (κ2) is 5.18.